The molecule has 2 rings (SSSR count). The Morgan fingerprint density at radius 1 is 1.50 bits per heavy atom. The Morgan fingerprint density at radius 3 is 2.94 bits per heavy atom. The second kappa shape index (κ2) is 6.02. The first-order valence-electron chi connectivity index (χ1n) is 6.39. The minimum Gasteiger partial charge on any atom is -0.317 e. The Morgan fingerprint density at radius 2 is 2.33 bits per heavy atom. The Balaban J connectivity index is 2.14. The van der Waals surface area contributed by atoms with Crippen molar-refractivity contribution in [3.63, 3.8) is 0 Å². The van der Waals surface area contributed by atoms with Gasteiger partial charge in [0.15, 0.2) is 0 Å². The largest absolute Gasteiger partial charge is 0.317 e. The van der Waals surface area contributed by atoms with Gasteiger partial charge in [-0.2, -0.15) is 0 Å². The maximum Gasteiger partial charge on any atom is 0.226 e. The van der Waals surface area contributed by atoms with E-state index in [0.29, 0.717) is 6.42 Å². The molecule has 0 bridgehead atoms. The zero-order valence-electron chi connectivity index (χ0n) is 11.1. The summed E-state index contributed by atoms with van der Waals surface area (Å²) in [4.78, 5) is 20.7. The van der Waals surface area contributed by atoms with Gasteiger partial charge < -0.3 is 9.80 Å². The number of nitrogens with one attached hydrogen (secondary N) is 1. The van der Waals surface area contributed by atoms with Crippen molar-refractivity contribution in [1.82, 2.24) is 15.3 Å². The van der Waals surface area contributed by atoms with Crippen LogP contribution in [0.25, 0.3) is 0 Å². The third-order valence-corrected chi connectivity index (χ3v) is 3.29. The van der Waals surface area contributed by atoms with E-state index in [0.717, 1.165) is 38.2 Å². The van der Waals surface area contributed by atoms with Gasteiger partial charge in [-0.15, -0.1) is 0 Å². The fourth-order valence-electron chi connectivity index (χ4n) is 2.33. The van der Waals surface area contributed by atoms with Crippen molar-refractivity contribution in [2.75, 3.05) is 33.8 Å². The van der Waals surface area contributed by atoms with Gasteiger partial charge in [-0.25, -0.2) is 0 Å². The molecule has 0 aromatic carbocycles. The van der Waals surface area contributed by atoms with Crippen molar-refractivity contribution in [2.24, 2.45) is 0 Å². The van der Waals surface area contributed by atoms with Gasteiger partial charge in [0.25, 0.3) is 0 Å². The molecule has 1 saturated heterocycles. The van der Waals surface area contributed by atoms with Crippen LogP contribution in [0.2, 0.25) is 0 Å². The van der Waals surface area contributed by atoms with E-state index in [1.165, 1.54) is 5.57 Å². The van der Waals surface area contributed by atoms with E-state index in [2.05, 4.69) is 23.5 Å². The quantitative estimate of drug-likeness (QED) is 0.753. The van der Waals surface area contributed by atoms with E-state index in [1.54, 1.807) is 12.0 Å². The molecule has 0 aromatic rings. The number of hydrogen-bond donors (Lipinski definition) is 1. The lowest BCUT2D eigenvalue weighted by Gasteiger charge is -2.25. The van der Waals surface area contributed by atoms with Crippen LogP contribution in [0.5, 0.6) is 0 Å². The van der Waals surface area contributed by atoms with Crippen molar-refractivity contribution in [3.05, 3.63) is 23.5 Å². The first-order valence-corrected chi connectivity index (χ1v) is 6.39. The molecule has 2 aliphatic rings. The van der Waals surface area contributed by atoms with Gasteiger partial charge in [0.2, 0.25) is 5.91 Å². The summed E-state index contributed by atoms with van der Waals surface area (Å²) in [5, 5.41) is 0. The maximum atomic E-state index is 11.6. The van der Waals surface area contributed by atoms with E-state index in [4.69, 9.17) is 4.84 Å². The third-order valence-electron chi connectivity index (χ3n) is 3.29. The lowest BCUT2D eigenvalue weighted by Crippen LogP contribution is -2.30. The molecule has 1 fully saturated rings. The molecular weight excluding hydrogens is 230 g/mol. The van der Waals surface area contributed by atoms with Crippen molar-refractivity contribution >= 4 is 5.91 Å². The van der Waals surface area contributed by atoms with Crippen LogP contribution in [-0.2, 0) is 9.63 Å². The number of hydroxylamine groups is 1. The highest BCUT2D eigenvalue weighted by atomic mass is 16.6. The molecule has 0 unspecified atom stereocenters. The zero-order valence-corrected chi connectivity index (χ0v) is 11.1. The van der Waals surface area contributed by atoms with Crippen LogP contribution < -0.4 is 5.48 Å². The molecule has 100 valence electrons. The summed E-state index contributed by atoms with van der Waals surface area (Å²) < 4.78 is 0. The van der Waals surface area contributed by atoms with Gasteiger partial charge in [-0.3, -0.25) is 15.1 Å². The standard InChI is InChI=1S/C13H21N3O2/c1-15-7-3-5-11(9-15)12(14-18-2)10-16-8-4-6-13(16)17/h5,10,14H,3-4,6-9H2,1-2H3. The average molecular weight is 251 g/mol. The van der Waals surface area contributed by atoms with E-state index in [9.17, 15) is 4.79 Å². The Kier molecular flexibility index (Phi) is 4.38. The van der Waals surface area contributed by atoms with Crippen LogP contribution in [0, 0.1) is 0 Å². The normalized spacial score (nSPS) is 22.3. The van der Waals surface area contributed by atoms with E-state index < -0.39 is 0 Å². The molecule has 18 heavy (non-hydrogen) atoms. The molecule has 0 aromatic heterocycles. The van der Waals surface area contributed by atoms with Crippen molar-refractivity contribution in [1.29, 1.82) is 0 Å². The smallest absolute Gasteiger partial charge is 0.226 e. The van der Waals surface area contributed by atoms with Crippen LogP contribution >= 0.6 is 0 Å². The molecule has 1 N–H and O–H groups in total. The molecule has 0 aliphatic carbocycles. The molecule has 0 saturated carbocycles. The molecule has 5 heteroatoms. The summed E-state index contributed by atoms with van der Waals surface area (Å²) in [6.07, 6.45) is 6.70. The molecular formula is C13H21N3O2. The van der Waals surface area contributed by atoms with Crippen molar-refractivity contribution in [3.8, 4) is 0 Å². The summed E-state index contributed by atoms with van der Waals surface area (Å²) in [5.41, 5.74) is 4.97. The lowest BCUT2D eigenvalue weighted by atomic mass is 10.1. The summed E-state index contributed by atoms with van der Waals surface area (Å²) >= 11 is 0. The maximum absolute atomic E-state index is 11.6. The fraction of sp³-hybridized carbons (Fsp3) is 0.615. The summed E-state index contributed by atoms with van der Waals surface area (Å²) in [6.45, 7) is 2.76. The van der Waals surface area contributed by atoms with Gasteiger partial charge >= 0.3 is 0 Å². The predicted molar refractivity (Wildman–Crippen MR) is 69.4 cm³/mol. The molecule has 2 heterocycles. The topological polar surface area (TPSA) is 44.8 Å². The summed E-state index contributed by atoms with van der Waals surface area (Å²) in [7, 11) is 3.69. The molecule has 0 radical (unpaired) electrons. The van der Waals surface area contributed by atoms with Gasteiger partial charge in [0, 0.05) is 32.3 Å². The van der Waals surface area contributed by atoms with E-state index in [1.807, 2.05) is 6.20 Å². The number of carbonyl (C=O) groups is 1. The number of nitrogens with zero attached hydrogens (tertiary/aromatic N) is 2. The van der Waals surface area contributed by atoms with Crippen LogP contribution in [0.3, 0.4) is 0 Å². The van der Waals surface area contributed by atoms with Gasteiger partial charge in [-0.05, 0) is 25.5 Å². The first-order chi connectivity index (χ1) is 8.70. The molecule has 0 spiro atoms. The summed E-state index contributed by atoms with van der Waals surface area (Å²) in [5.74, 6) is 0.190. The highest BCUT2D eigenvalue weighted by molar-refractivity contribution is 5.79. The number of likely N-dealkylation sites (tertiary alicyclic amines) is 1. The van der Waals surface area contributed by atoms with Gasteiger partial charge in [0.05, 0.1) is 12.8 Å². The Hall–Kier alpha value is -1.33. The van der Waals surface area contributed by atoms with Crippen LogP contribution in [0.1, 0.15) is 19.3 Å². The SMILES string of the molecule is CONC(=CN1CCCC1=O)C1=CCCN(C)C1. The molecule has 1 amide bonds. The van der Waals surface area contributed by atoms with Crippen molar-refractivity contribution < 1.29 is 9.63 Å². The minimum atomic E-state index is 0.190. The van der Waals surface area contributed by atoms with Gasteiger partial charge in [0.1, 0.15) is 0 Å². The number of likely N-dealkylation sites (N-methyl/N-ethyl adjacent to an activating group) is 1. The zero-order chi connectivity index (χ0) is 13.0. The van der Waals surface area contributed by atoms with E-state index in [-0.39, 0.29) is 5.91 Å². The Labute approximate surface area is 108 Å². The highest BCUT2D eigenvalue weighted by Crippen LogP contribution is 2.18. The summed E-state index contributed by atoms with van der Waals surface area (Å²) in [6, 6.07) is 0. The van der Waals surface area contributed by atoms with Crippen LogP contribution in [-0.4, -0.2) is 49.5 Å². The number of amides is 1. The fourth-order valence-corrected chi connectivity index (χ4v) is 2.33. The monoisotopic (exact) mass is 251 g/mol. The second-order valence-electron chi connectivity index (χ2n) is 4.80. The van der Waals surface area contributed by atoms with Crippen LogP contribution in [0.4, 0.5) is 0 Å². The van der Waals surface area contributed by atoms with E-state index >= 15 is 0 Å². The number of rotatable bonds is 4. The average Bonchev–Trinajstić information content (AvgIpc) is 2.74. The molecule has 0 atom stereocenters. The highest BCUT2D eigenvalue weighted by Gasteiger charge is 2.20. The number of hydrogen-bond acceptors (Lipinski definition) is 4. The van der Waals surface area contributed by atoms with Gasteiger partial charge in [-0.1, -0.05) is 6.08 Å². The molecule has 5 nitrogen and oxygen atoms in total. The first kappa shape index (κ1) is 13.1. The van der Waals surface area contributed by atoms with Crippen LogP contribution in [0.15, 0.2) is 23.5 Å². The number of carbonyl (C=O) groups excluding carboxylic acids is 1. The van der Waals surface area contributed by atoms with Crippen molar-refractivity contribution in [2.45, 2.75) is 19.3 Å². The second-order valence-corrected chi connectivity index (χ2v) is 4.80. The predicted octanol–water partition coefficient (Wildman–Crippen LogP) is 0.863. The third kappa shape index (κ3) is 3.11. The minimum absolute atomic E-state index is 0.190. The Bertz CT molecular complexity index is 376. The molecule has 2 aliphatic heterocycles. The lowest BCUT2D eigenvalue weighted by molar-refractivity contribution is -0.125.